The van der Waals surface area contributed by atoms with E-state index in [1.54, 1.807) is 24.3 Å². The van der Waals surface area contributed by atoms with Gasteiger partial charge in [-0.05, 0) is 29.8 Å². The molecule has 7 heteroatoms. The third-order valence-corrected chi connectivity index (χ3v) is 6.15. The summed E-state index contributed by atoms with van der Waals surface area (Å²) in [6.45, 7) is 0.372. The molecule has 0 aliphatic heterocycles. The molecule has 0 aliphatic carbocycles. The first-order valence-electron chi connectivity index (χ1n) is 7.35. The van der Waals surface area contributed by atoms with E-state index >= 15 is 0 Å². The molecule has 1 amide bonds. The SMILES string of the molecule is CN(C)S(=O)(=O)c1ccc(CNC(=O)CSc2ccccc2)cc1. The summed E-state index contributed by atoms with van der Waals surface area (Å²) in [5, 5.41) is 2.83. The molecule has 24 heavy (non-hydrogen) atoms. The van der Waals surface area contributed by atoms with Gasteiger partial charge in [0.15, 0.2) is 0 Å². The molecular formula is C17H20N2O3S2. The molecule has 0 fully saturated rings. The van der Waals surface area contributed by atoms with E-state index < -0.39 is 10.0 Å². The van der Waals surface area contributed by atoms with Crippen LogP contribution in [-0.4, -0.2) is 38.5 Å². The monoisotopic (exact) mass is 364 g/mol. The minimum absolute atomic E-state index is 0.0613. The summed E-state index contributed by atoms with van der Waals surface area (Å²) in [6, 6.07) is 16.2. The number of carbonyl (C=O) groups excluding carboxylic acids is 1. The molecule has 0 aromatic heterocycles. The van der Waals surface area contributed by atoms with Gasteiger partial charge in [0.25, 0.3) is 0 Å². The fraction of sp³-hybridized carbons (Fsp3) is 0.235. The van der Waals surface area contributed by atoms with Crippen molar-refractivity contribution < 1.29 is 13.2 Å². The van der Waals surface area contributed by atoms with Gasteiger partial charge in [0.2, 0.25) is 15.9 Å². The van der Waals surface area contributed by atoms with Gasteiger partial charge in [-0.25, -0.2) is 12.7 Å². The Bertz CT molecular complexity index is 773. The Morgan fingerprint density at radius 2 is 1.67 bits per heavy atom. The second-order valence-corrected chi connectivity index (χ2v) is 8.51. The highest BCUT2D eigenvalue weighted by Gasteiger charge is 2.16. The van der Waals surface area contributed by atoms with Crippen LogP contribution >= 0.6 is 11.8 Å². The van der Waals surface area contributed by atoms with E-state index in [2.05, 4.69) is 5.32 Å². The predicted molar refractivity (Wildman–Crippen MR) is 96.3 cm³/mol. The summed E-state index contributed by atoms with van der Waals surface area (Å²) in [5.74, 6) is 0.283. The summed E-state index contributed by atoms with van der Waals surface area (Å²) < 4.78 is 25.1. The normalized spacial score (nSPS) is 11.5. The van der Waals surface area contributed by atoms with Gasteiger partial charge in [-0.2, -0.15) is 0 Å². The van der Waals surface area contributed by atoms with Gasteiger partial charge in [-0.1, -0.05) is 30.3 Å². The molecule has 0 bridgehead atoms. The maximum Gasteiger partial charge on any atom is 0.242 e. The van der Waals surface area contributed by atoms with Crippen LogP contribution in [0.15, 0.2) is 64.4 Å². The standard InChI is InChI=1S/C17H20N2O3S2/c1-19(2)24(21,22)16-10-8-14(9-11-16)12-18-17(20)13-23-15-6-4-3-5-7-15/h3-11H,12-13H2,1-2H3,(H,18,20). The van der Waals surface area contributed by atoms with Gasteiger partial charge < -0.3 is 5.32 Å². The molecule has 128 valence electrons. The summed E-state index contributed by atoms with van der Waals surface area (Å²) >= 11 is 1.48. The van der Waals surface area contributed by atoms with Crippen LogP contribution in [0.2, 0.25) is 0 Å². The number of nitrogens with zero attached hydrogens (tertiary/aromatic N) is 1. The molecule has 2 rings (SSSR count). The van der Waals surface area contributed by atoms with Crippen LogP contribution in [0.1, 0.15) is 5.56 Å². The zero-order valence-electron chi connectivity index (χ0n) is 13.6. The predicted octanol–water partition coefficient (Wildman–Crippen LogP) is 2.35. The van der Waals surface area contributed by atoms with Crippen molar-refractivity contribution in [3.63, 3.8) is 0 Å². The summed E-state index contributed by atoms with van der Waals surface area (Å²) in [4.78, 5) is 13.2. The second kappa shape index (κ2) is 8.32. The first-order valence-corrected chi connectivity index (χ1v) is 9.78. The van der Waals surface area contributed by atoms with Crippen molar-refractivity contribution in [1.29, 1.82) is 0 Å². The molecule has 2 aromatic rings. The summed E-state index contributed by atoms with van der Waals surface area (Å²) in [7, 11) is -0.434. The Kier molecular flexibility index (Phi) is 6.42. The molecule has 0 unspecified atom stereocenters. The van der Waals surface area contributed by atoms with Crippen LogP contribution in [0.5, 0.6) is 0 Å². The lowest BCUT2D eigenvalue weighted by atomic mass is 10.2. The van der Waals surface area contributed by atoms with Crippen molar-refractivity contribution in [2.45, 2.75) is 16.3 Å². The molecule has 0 saturated heterocycles. The lowest BCUT2D eigenvalue weighted by Crippen LogP contribution is -2.25. The topological polar surface area (TPSA) is 66.5 Å². The minimum Gasteiger partial charge on any atom is -0.351 e. The summed E-state index contributed by atoms with van der Waals surface area (Å²) in [6.07, 6.45) is 0. The third kappa shape index (κ3) is 5.09. The zero-order valence-corrected chi connectivity index (χ0v) is 15.2. The van der Waals surface area contributed by atoms with E-state index in [0.29, 0.717) is 12.3 Å². The first kappa shape index (κ1) is 18.5. The maximum atomic E-state index is 12.0. The maximum absolute atomic E-state index is 12.0. The van der Waals surface area contributed by atoms with Crippen LogP contribution in [0.3, 0.4) is 0 Å². The average molecular weight is 364 g/mol. The third-order valence-electron chi connectivity index (χ3n) is 3.30. The number of rotatable bonds is 7. The Morgan fingerprint density at radius 1 is 1.04 bits per heavy atom. The quantitative estimate of drug-likeness (QED) is 0.766. The molecule has 5 nitrogen and oxygen atoms in total. The molecule has 2 aromatic carbocycles. The molecule has 0 spiro atoms. The highest BCUT2D eigenvalue weighted by Crippen LogP contribution is 2.16. The molecule has 1 N–H and O–H groups in total. The number of nitrogens with one attached hydrogen (secondary N) is 1. The van der Waals surface area contributed by atoms with Gasteiger partial charge >= 0.3 is 0 Å². The lowest BCUT2D eigenvalue weighted by Gasteiger charge is -2.12. The number of thioether (sulfide) groups is 1. The van der Waals surface area contributed by atoms with E-state index in [4.69, 9.17) is 0 Å². The Morgan fingerprint density at radius 3 is 2.25 bits per heavy atom. The van der Waals surface area contributed by atoms with E-state index in [9.17, 15) is 13.2 Å². The Hall–Kier alpha value is -1.83. The number of hydrogen-bond acceptors (Lipinski definition) is 4. The average Bonchev–Trinajstić information content (AvgIpc) is 2.59. The van der Waals surface area contributed by atoms with Gasteiger partial charge in [0, 0.05) is 25.5 Å². The fourth-order valence-corrected chi connectivity index (χ4v) is 3.56. The lowest BCUT2D eigenvalue weighted by molar-refractivity contribution is -0.118. The van der Waals surface area contributed by atoms with Crippen molar-refractivity contribution in [3.05, 3.63) is 60.2 Å². The molecule has 0 saturated carbocycles. The Labute approximate surface area is 147 Å². The number of benzene rings is 2. The number of hydrogen-bond donors (Lipinski definition) is 1. The van der Waals surface area contributed by atoms with Crippen LogP contribution in [-0.2, 0) is 21.4 Å². The van der Waals surface area contributed by atoms with Crippen molar-refractivity contribution in [2.75, 3.05) is 19.8 Å². The molecule has 0 heterocycles. The Balaban J connectivity index is 1.85. The zero-order chi connectivity index (χ0) is 17.6. The highest BCUT2D eigenvalue weighted by atomic mass is 32.2. The van der Waals surface area contributed by atoms with Crippen LogP contribution in [0.25, 0.3) is 0 Å². The van der Waals surface area contributed by atoms with Crippen LogP contribution in [0, 0.1) is 0 Å². The molecule has 0 radical (unpaired) electrons. The van der Waals surface area contributed by atoms with Crippen molar-refractivity contribution in [1.82, 2.24) is 9.62 Å². The van der Waals surface area contributed by atoms with Crippen molar-refractivity contribution in [3.8, 4) is 0 Å². The fourth-order valence-electron chi connectivity index (χ4n) is 1.91. The van der Waals surface area contributed by atoms with Crippen LogP contribution < -0.4 is 5.32 Å². The van der Waals surface area contributed by atoms with Crippen molar-refractivity contribution in [2.24, 2.45) is 0 Å². The number of amides is 1. The molecule has 0 aliphatic rings. The van der Waals surface area contributed by atoms with E-state index in [1.165, 1.54) is 30.2 Å². The van der Waals surface area contributed by atoms with E-state index in [1.807, 2.05) is 30.3 Å². The largest absolute Gasteiger partial charge is 0.351 e. The van der Waals surface area contributed by atoms with Gasteiger partial charge in [0.1, 0.15) is 0 Å². The van der Waals surface area contributed by atoms with Gasteiger partial charge in [0.05, 0.1) is 10.6 Å². The van der Waals surface area contributed by atoms with Crippen LogP contribution in [0.4, 0.5) is 0 Å². The molecule has 0 atom stereocenters. The van der Waals surface area contributed by atoms with Gasteiger partial charge in [-0.3, -0.25) is 4.79 Å². The number of sulfonamides is 1. The minimum atomic E-state index is -3.42. The summed E-state index contributed by atoms with van der Waals surface area (Å²) in [5.41, 5.74) is 0.853. The second-order valence-electron chi connectivity index (χ2n) is 5.31. The number of carbonyl (C=O) groups is 1. The van der Waals surface area contributed by atoms with E-state index in [0.717, 1.165) is 10.5 Å². The van der Waals surface area contributed by atoms with E-state index in [-0.39, 0.29) is 10.8 Å². The molecular weight excluding hydrogens is 344 g/mol. The smallest absolute Gasteiger partial charge is 0.242 e. The van der Waals surface area contributed by atoms with Crippen molar-refractivity contribution >= 4 is 27.7 Å². The first-order chi connectivity index (χ1) is 11.4. The van der Waals surface area contributed by atoms with Gasteiger partial charge in [-0.15, -0.1) is 11.8 Å². The highest BCUT2D eigenvalue weighted by molar-refractivity contribution is 8.00.